The fourth-order valence-corrected chi connectivity index (χ4v) is 4.87. The van der Waals surface area contributed by atoms with E-state index in [1.807, 2.05) is 18.2 Å². The summed E-state index contributed by atoms with van der Waals surface area (Å²) in [5, 5.41) is 1.22. The number of hydrogen-bond acceptors (Lipinski definition) is 2. The van der Waals surface area contributed by atoms with Crippen LogP contribution in [0.15, 0.2) is 72.8 Å². The highest BCUT2D eigenvalue weighted by Gasteiger charge is 2.40. The molecule has 4 heteroatoms. The second kappa shape index (κ2) is 8.75. The monoisotopic (exact) mass is 457 g/mol. The molecule has 0 radical (unpaired) electrons. The molecule has 0 fully saturated rings. The van der Waals surface area contributed by atoms with Crippen molar-refractivity contribution in [2.24, 2.45) is 0 Å². The standard InChI is InChI=1S/C29H35NO2Si/c1-21-13-11-12-16-27(21)31-24-17-18-26-25(19-24)28(32-33(6,7)29(3,4)5)22(2)30(26)20-23-14-9-8-10-15-23/h8-19H,20H2,1-7H3. The van der Waals surface area contributed by atoms with Crippen molar-refractivity contribution in [3.05, 3.63) is 89.6 Å². The van der Waals surface area contributed by atoms with Crippen LogP contribution in [0.4, 0.5) is 0 Å². The van der Waals surface area contributed by atoms with E-state index in [9.17, 15) is 0 Å². The van der Waals surface area contributed by atoms with Gasteiger partial charge in [-0.3, -0.25) is 0 Å². The number of aryl methyl sites for hydroxylation is 1. The zero-order valence-corrected chi connectivity index (χ0v) is 21.9. The fraction of sp³-hybridized carbons (Fsp3) is 0.310. The van der Waals surface area contributed by atoms with Crippen molar-refractivity contribution in [2.75, 3.05) is 0 Å². The summed E-state index contributed by atoms with van der Waals surface area (Å²) in [5.74, 6) is 2.70. The van der Waals surface area contributed by atoms with E-state index in [4.69, 9.17) is 9.16 Å². The Morgan fingerprint density at radius 3 is 2.18 bits per heavy atom. The molecule has 0 saturated heterocycles. The first-order valence-corrected chi connectivity index (χ1v) is 14.6. The van der Waals surface area contributed by atoms with Crippen LogP contribution in [0.3, 0.4) is 0 Å². The van der Waals surface area contributed by atoms with Crippen LogP contribution >= 0.6 is 0 Å². The lowest BCUT2D eigenvalue weighted by molar-refractivity contribution is 0.478. The zero-order valence-electron chi connectivity index (χ0n) is 20.9. The van der Waals surface area contributed by atoms with Crippen molar-refractivity contribution in [3.63, 3.8) is 0 Å². The Hall–Kier alpha value is -2.98. The summed E-state index contributed by atoms with van der Waals surface area (Å²) < 4.78 is 15.6. The highest BCUT2D eigenvalue weighted by Crippen LogP contribution is 2.43. The van der Waals surface area contributed by atoms with Crippen molar-refractivity contribution in [1.29, 1.82) is 0 Å². The van der Waals surface area contributed by atoms with E-state index < -0.39 is 8.32 Å². The van der Waals surface area contributed by atoms with Crippen molar-refractivity contribution in [2.45, 2.75) is 59.3 Å². The molecule has 0 unspecified atom stereocenters. The van der Waals surface area contributed by atoms with Crippen molar-refractivity contribution >= 4 is 19.2 Å². The quantitative estimate of drug-likeness (QED) is 0.271. The van der Waals surface area contributed by atoms with Gasteiger partial charge in [-0.1, -0.05) is 69.3 Å². The molecule has 3 aromatic carbocycles. The van der Waals surface area contributed by atoms with Gasteiger partial charge in [0.1, 0.15) is 17.2 Å². The number of fused-ring (bicyclic) bond motifs is 1. The maximum absolute atomic E-state index is 6.92. The molecule has 1 aromatic heterocycles. The molecule has 4 rings (SSSR count). The minimum Gasteiger partial charge on any atom is -0.542 e. The third-order valence-corrected chi connectivity index (χ3v) is 11.2. The molecule has 0 aliphatic rings. The predicted octanol–water partition coefficient (Wildman–Crippen LogP) is 8.48. The Kier molecular flexibility index (Phi) is 6.15. The van der Waals surface area contributed by atoms with Gasteiger partial charge in [0, 0.05) is 11.9 Å². The topological polar surface area (TPSA) is 23.4 Å². The van der Waals surface area contributed by atoms with Gasteiger partial charge in [-0.2, -0.15) is 0 Å². The van der Waals surface area contributed by atoms with E-state index in [0.29, 0.717) is 0 Å². The number of nitrogens with zero attached hydrogens (tertiary/aromatic N) is 1. The van der Waals surface area contributed by atoms with Gasteiger partial charge in [0.05, 0.1) is 11.2 Å². The molecule has 4 aromatic rings. The lowest BCUT2D eigenvalue weighted by Crippen LogP contribution is -2.44. The Balaban J connectivity index is 1.83. The van der Waals surface area contributed by atoms with Crippen LogP contribution in [0.25, 0.3) is 10.9 Å². The maximum Gasteiger partial charge on any atom is 0.250 e. The molecule has 0 amide bonds. The molecule has 172 valence electrons. The summed E-state index contributed by atoms with van der Waals surface area (Å²) >= 11 is 0. The second-order valence-electron chi connectivity index (χ2n) is 10.4. The Morgan fingerprint density at radius 1 is 0.848 bits per heavy atom. The minimum atomic E-state index is -2.03. The number of benzene rings is 3. The summed E-state index contributed by atoms with van der Waals surface area (Å²) in [6.45, 7) is 16.5. The number of ether oxygens (including phenoxy) is 1. The Labute approximate surface area is 199 Å². The highest BCUT2D eigenvalue weighted by atomic mass is 28.4. The molecular formula is C29H35NO2Si. The van der Waals surface area contributed by atoms with E-state index in [1.54, 1.807) is 0 Å². The lowest BCUT2D eigenvalue weighted by atomic mass is 10.2. The third-order valence-electron chi connectivity index (χ3n) is 6.91. The molecule has 0 atom stereocenters. The molecule has 33 heavy (non-hydrogen) atoms. The highest BCUT2D eigenvalue weighted by molar-refractivity contribution is 6.74. The zero-order chi connectivity index (χ0) is 23.8. The first-order valence-electron chi connectivity index (χ1n) is 11.7. The number of aromatic nitrogens is 1. The molecule has 0 spiro atoms. The average molecular weight is 458 g/mol. The molecular weight excluding hydrogens is 422 g/mol. The maximum atomic E-state index is 6.92. The van der Waals surface area contributed by atoms with Gasteiger partial charge in [0.15, 0.2) is 0 Å². The van der Waals surface area contributed by atoms with Crippen molar-refractivity contribution in [3.8, 4) is 17.2 Å². The number of para-hydroxylation sites is 1. The second-order valence-corrected chi connectivity index (χ2v) is 15.1. The van der Waals surface area contributed by atoms with E-state index in [1.165, 1.54) is 11.1 Å². The van der Waals surface area contributed by atoms with Crippen molar-refractivity contribution < 1.29 is 9.16 Å². The van der Waals surface area contributed by atoms with Crippen LogP contribution in [0.1, 0.15) is 37.6 Å². The molecule has 0 N–H and O–H groups in total. The minimum absolute atomic E-state index is 0.114. The van der Waals surface area contributed by atoms with Crippen LogP contribution in [0, 0.1) is 13.8 Å². The summed E-state index contributed by atoms with van der Waals surface area (Å²) in [6, 6.07) is 25.1. The lowest BCUT2D eigenvalue weighted by Gasteiger charge is -2.36. The van der Waals surface area contributed by atoms with Crippen LogP contribution in [-0.4, -0.2) is 12.9 Å². The van der Waals surface area contributed by atoms with E-state index in [0.717, 1.165) is 40.4 Å². The van der Waals surface area contributed by atoms with Gasteiger partial charge in [0.2, 0.25) is 0 Å². The van der Waals surface area contributed by atoms with Crippen LogP contribution in [0.2, 0.25) is 18.1 Å². The van der Waals surface area contributed by atoms with Crippen LogP contribution < -0.4 is 9.16 Å². The van der Waals surface area contributed by atoms with Gasteiger partial charge in [-0.05, 0) is 67.4 Å². The molecule has 0 saturated carbocycles. The van der Waals surface area contributed by atoms with E-state index in [2.05, 4.69) is 107 Å². The first-order chi connectivity index (χ1) is 15.6. The summed E-state index contributed by atoms with van der Waals surface area (Å²) in [5.41, 5.74) is 4.72. The SMILES string of the molecule is Cc1ccccc1Oc1ccc2c(c1)c(O[Si](C)(C)C(C)(C)C)c(C)n2Cc1ccccc1. The van der Waals surface area contributed by atoms with Gasteiger partial charge < -0.3 is 13.7 Å². The molecule has 0 bridgehead atoms. The van der Waals surface area contributed by atoms with Gasteiger partial charge in [-0.25, -0.2) is 0 Å². The first kappa shape index (κ1) is 23.2. The summed E-state index contributed by atoms with van der Waals surface area (Å²) in [7, 11) is -2.03. The molecule has 0 aliphatic carbocycles. The van der Waals surface area contributed by atoms with Gasteiger partial charge in [0.25, 0.3) is 8.32 Å². The number of hydrogen-bond donors (Lipinski definition) is 0. The van der Waals surface area contributed by atoms with Gasteiger partial charge >= 0.3 is 0 Å². The molecule has 1 heterocycles. The van der Waals surface area contributed by atoms with Gasteiger partial charge in [-0.15, -0.1) is 0 Å². The smallest absolute Gasteiger partial charge is 0.250 e. The van der Waals surface area contributed by atoms with Crippen LogP contribution in [-0.2, 0) is 6.54 Å². The van der Waals surface area contributed by atoms with Crippen LogP contribution in [0.5, 0.6) is 17.2 Å². The van der Waals surface area contributed by atoms with E-state index in [-0.39, 0.29) is 5.04 Å². The van der Waals surface area contributed by atoms with E-state index >= 15 is 0 Å². The largest absolute Gasteiger partial charge is 0.542 e. The normalized spacial score (nSPS) is 12.2. The summed E-state index contributed by atoms with van der Waals surface area (Å²) in [6.07, 6.45) is 0. The molecule has 0 aliphatic heterocycles. The predicted molar refractivity (Wildman–Crippen MR) is 141 cm³/mol. The summed E-state index contributed by atoms with van der Waals surface area (Å²) in [4.78, 5) is 0. The Bertz CT molecular complexity index is 1270. The van der Waals surface area contributed by atoms with Crippen molar-refractivity contribution in [1.82, 2.24) is 4.57 Å². The average Bonchev–Trinajstić information content (AvgIpc) is 3.00. The Morgan fingerprint density at radius 2 is 1.52 bits per heavy atom. The molecule has 3 nitrogen and oxygen atoms in total. The number of rotatable bonds is 6. The fourth-order valence-electron chi connectivity index (χ4n) is 3.80. The third kappa shape index (κ3) is 4.72.